The second-order valence-electron chi connectivity index (χ2n) is 4.36. The van der Waals surface area contributed by atoms with Gasteiger partial charge in [0, 0.05) is 10.8 Å². The van der Waals surface area contributed by atoms with Crippen LogP contribution < -0.4 is 4.74 Å². The van der Waals surface area contributed by atoms with Crippen LogP contribution >= 0.6 is 0 Å². The molecule has 0 bridgehead atoms. The van der Waals surface area contributed by atoms with Crippen molar-refractivity contribution in [3.05, 3.63) is 60.7 Å². The molecule has 0 aliphatic heterocycles. The number of rotatable bonds is 3. The maximum atomic E-state index is 5.81. The highest BCUT2D eigenvalue weighted by Crippen LogP contribution is 2.36. The zero-order chi connectivity index (χ0) is 13.2. The summed E-state index contributed by atoms with van der Waals surface area (Å²) in [5.74, 6) is 0.923. The monoisotopic (exact) mass is 261 g/mol. The number of fused-ring (bicyclic) bond motifs is 2. The topological polar surface area (TPSA) is 9.23 Å². The zero-order valence-corrected chi connectivity index (χ0v) is 11.5. The minimum atomic E-state index is 0.474. The first-order valence-electron chi connectivity index (χ1n) is 6.19. The van der Waals surface area contributed by atoms with Crippen LogP contribution in [0.1, 0.15) is 5.56 Å². The number of benzene rings is 3. The molecule has 1 nitrogen and oxygen atoms in total. The van der Waals surface area contributed by atoms with E-state index in [0.29, 0.717) is 6.23 Å². The third-order valence-electron chi connectivity index (χ3n) is 3.33. The summed E-state index contributed by atoms with van der Waals surface area (Å²) in [5.41, 5.74) is 1.13. The highest BCUT2D eigenvalue weighted by molar-refractivity contribution is 6.10. The molecule has 0 N–H and O–H groups in total. The van der Waals surface area contributed by atoms with Gasteiger partial charge in [-0.1, -0.05) is 55.1 Å². The van der Waals surface area contributed by atoms with Gasteiger partial charge in [0.1, 0.15) is 5.75 Å². The molecule has 0 aliphatic rings. The van der Waals surface area contributed by atoms with E-state index in [1.807, 2.05) is 24.3 Å². The molecule has 0 atom stereocenters. The van der Waals surface area contributed by atoms with Crippen molar-refractivity contribution in [1.82, 2.24) is 0 Å². The second-order valence-corrected chi connectivity index (χ2v) is 4.65. The molecular formula is C17H13OSi. The molecule has 0 heterocycles. The van der Waals surface area contributed by atoms with E-state index in [4.69, 9.17) is 4.74 Å². The summed E-state index contributed by atoms with van der Waals surface area (Å²) in [7, 11) is 3.40. The van der Waals surface area contributed by atoms with Crippen molar-refractivity contribution < 1.29 is 4.74 Å². The van der Waals surface area contributed by atoms with Crippen LogP contribution in [0.4, 0.5) is 0 Å². The van der Waals surface area contributed by atoms with E-state index in [1.54, 1.807) is 0 Å². The molecular weight excluding hydrogens is 248 g/mol. The normalized spacial score (nSPS) is 10.8. The van der Waals surface area contributed by atoms with Crippen LogP contribution in [0.5, 0.6) is 5.75 Å². The summed E-state index contributed by atoms with van der Waals surface area (Å²) in [5, 5.41) is 4.61. The molecule has 91 valence electrons. The summed E-state index contributed by atoms with van der Waals surface area (Å²) < 4.78 is 5.81. The minimum Gasteiger partial charge on any atom is -0.497 e. The Morgan fingerprint density at radius 3 is 2.58 bits per heavy atom. The van der Waals surface area contributed by atoms with Crippen LogP contribution in [0.2, 0.25) is 0 Å². The Hall–Kier alpha value is -2.06. The molecule has 0 saturated heterocycles. The number of hydrogen-bond acceptors (Lipinski definition) is 1. The summed E-state index contributed by atoms with van der Waals surface area (Å²) in [6.45, 7) is 3.89. The molecule has 19 heavy (non-hydrogen) atoms. The Kier molecular flexibility index (Phi) is 3.09. The van der Waals surface area contributed by atoms with E-state index in [-0.39, 0.29) is 0 Å². The van der Waals surface area contributed by atoms with Crippen LogP contribution in [-0.4, -0.2) is 16.5 Å². The van der Waals surface area contributed by atoms with E-state index in [0.717, 1.165) is 22.1 Å². The van der Waals surface area contributed by atoms with Gasteiger partial charge in [-0.05, 0) is 22.4 Å². The van der Waals surface area contributed by atoms with Gasteiger partial charge < -0.3 is 4.74 Å². The Morgan fingerprint density at radius 2 is 1.79 bits per heavy atom. The molecule has 0 spiro atoms. The van der Waals surface area contributed by atoms with Gasteiger partial charge in [0.15, 0.2) is 0 Å². The van der Waals surface area contributed by atoms with Crippen molar-refractivity contribution >= 4 is 37.9 Å². The zero-order valence-electron chi connectivity index (χ0n) is 10.5. The summed E-state index contributed by atoms with van der Waals surface area (Å²) in [4.78, 5) is 0. The second kappa shape index (κ2) is 4.90. The van der Waals surface area contributed by atoms with Crippen molar-refractivity contribution in [3.8, 4) is 5.75 Å². The van der Waals surface area contributed by atoms with Gasteiger partial charge in [-0.15, -0.1) is 0 Å². The highest BCUT2D eigenvalue weighted by Gasteiger charge is 2.09. The molecule has 3 rings (SSSR count). The Labute approximate surface area is 115 Å². The van der Waals surface area contributed by atoms with Gasteiger partial charge in [-0.25, -0.2) is 0 Å². The Morgan fingerprint density at radius 1 is 1.00 bits per heavy atom. The molecule has 3 radical (unpaired) electrons. The lowest BCUT2D eigenvalue weighted by Gasteiger charge is -2.13. The first kappa shape index (κ1) is 12.0. The molecule has 3 aromatic rings. The van der Waals surface area contributed by atoms with Gasteiger partial charge in [0.05, 0.1) is 16.5 Å². The molecule has 0 unspecified atom stereocenters. The van der Waals surface area contributed by atoms with Crippen molar-refractivity contribution in [2.45, 2.75) is 0 Å². The number of ether oxygens (including phenoxy) is 1. The highest BCUT2D eigenvalue weighted by atomic mass is 28.1. The fourth-order valence-corrected chi connectivity index (χ4v) is 2.62. The van der Waals surface area contributed by atoms with Gasteiger partial charge in [-0.2, -0.15) is 0 Å². The van der Waals surface area contributed by atoms with E-state index < -0.39 is 0 Å². The molecule has 2 heteroatoms. The summed E-state index contributed by atoms with van der Waals surface area (Å²) in [6, 6.07) is 16.7. The van der Waals surface area contributed by atoms with Gasteiger partial charge in [0.25, 0.3) is 0 Å². The lowest BCUT2D eigenvalue weighted by atomic mass is 9.98. The van der Waals surface area contributed by atoms with Crippen LogP contribution in [0.25, 0.3) is 27.6 Å². The van der Waals surface area contributed by atoms with Crippen LogP contribution in [0, 0.1) is 0 Å². The predicted molar refractivity (Wildman–Crippen MR) is 82.8 cm³/mol. The first-order chi connectivity index (χ1) is 9.35. The van der Waals surface area contributed by atoms with Gasteiger partial charge in [0.2, 0.25) is 0 Å². The Bertz CT molecular complexity index is 762. The predicted octanol–water partition coefficient (Wildman–Crippen LogP) is 4.14. The molecule has 0 amide bonds. The van der Waals surface area contributed by atoms with E-state index in [9.17, 15) is 0 Å². The molecule has 0 aliphatic carbocycles. The summed E-state index contributed by atoms with van der Waals surface area (Å²) in [6.07, 6.45) is 2.36. The van der Waals surface area contributed by atoms with Crippen LogP contribution in [0.3, 0.4) is 0 Å². The van der Waals surface area contributed by atoms with Crippen LogP contribution in [0.15, 0.2) is 55.1 Å². The third-order valence-corrected chi connectivity index (χ3v) is 3.47. The molecule has 0 saturated carbocycles. The maximum absolute atomic E-state index is 5.81. The lowest BCUT2D eigenvalue weighted by molar-refractivity contribution is 0.397. The Balaban J connectivity index is 2.50. The third kappa shape index (κ3) is 1.94. The standard InChI is InChI=1S/C17H13OSi/c1-2-12-7-5-9-15-16(12)10-13-6-3-4-8-14(13)17(15)18-11-19/h2-10H,1,11H2. The fraction of sp³-hybridized carbons (Fsp3) is 0.0588. The molecule has 0 aromatic heterocycles. The quantitative estimate of drug-likeness (QED) is 0.508. The lowest BCUT2D eigenvalue weighted by Crippen LogP contribution is -1.97. The average molecular weight is 261 g/mol. The molecule has 0 fully saturated rings. The SMILES string of the molecule is C=Cc1cccc2c(OC[Si])c3ccccc3cc12. The van der Waals surface area contributed by atoms with Gasteiger partial charge in [-0.3, -0.25) is 0 Å². The fourth-order valence-electron chi connectivity index (χ4n) is 2.48. The first-order valence-corrected chi connectivity index (χ1v) is 6.90. The van der Waals surface area contributed by atoms with Crippen molar-refractivity contribution in [2.24, 2.45) is 0 Å². The number of hydrogen-bond donors (Lipinski definition) is 0. The van der Waals surface area contributed by atoms with Crippen molar-refractivity contribution in [3.63, 3.8) is 0 Å². The van der Waals surface area contributed by atoms with E-state index in [1.165, 1.54) is 10.8 Å². The largest absolute Gasteiger partial charge is 0.497 e. The summed E-state index contributed by atoms with van der Waals surface area (Å²) >= 11 is 0. The van der Waals surface area contributed by atoms with E-state index >= 15 is 0 Å². The van der Waals surface area contributed by atoms with Crippen LogP contribution in [-0.2, 0) is 0 Å². The van der Waals surface area contributed by atoms with Gasteiger partial charge >= 0.3 is 0 Å². The van der Waals surface area contributed by atoms with Crippen molar-refractivity contribution in [2.75, 3.05) is 6.23 Å². The minimum absolute atomic E-state index is 0.474. The maximum Gasteiger partial charge on any atom is 0.134 e. The smallest absolute Gasteiger partial charge is 0.134 e. The average Bonchev–Trinajstić information content (AvgIpc) is 2.46. The van der Waals surface area contributed by atoms with Crippen molar-refractivity contribution in [1.29, 1.82) is 0 Å². The van der Waals surface area contributed by atoms with E-state index in [2.05, 4.69) is 47.2 Å². The molecule has 3 aromatic carbocycles.